The number of rotatable bonds is 6. The van der Waals surface area contributed by atoms with Crippen LogP contribution in [0.4, 0.5) is 5.69 Å². The van der Waals surface area contributed by atoms with Crippen LogP contribution in [0.3, 0.4) is 0 Å². The Morgan fingerprint density at radius 2 is 1.76 bits per heavy atom. The van der Waals surface area contributed by atoms with E-state index in [1.807, 2.05) is 0 Å². The number of amides is 2. The Hall–Kier alpha value is -2.17. The van der Waals surface area contributed by atoms with E-state index >= 15 is 0 Å². The third kappa shape index (κ3) is 4.41. The molecule has 1 fully saturated rings. The van der Waals surface area contributed by atoms with Gasteiger partial charge in [-0.05, 0) is 44.0 Å². The molecule has 21 heavy (non-hydrogen) atoms. The molecule has 2 amide bonds. The number of carbonyl (C=O) groups is 3. The van der Waals surface area contributed by atoms with Crippen molar-refractivity contribution in [2.24, 2.45) is 0 Å². The number of anilines is 1. The second-order valence-corrected chi connectivity index (χ2v) is 5.37. The predicted octanol–water partition coefficient (Wildman–Crippen LogP) is 1.91. The summed E-state index contributed by atoms with van der Waals surface area (Å²) in [6.07, 6.45) is 2.38. The highest BCUT2D eigenvalue weighted by atomic mass is 16.2. The van der Waals surface area contributed by atoms with E-state index in [0.29, 0.717) is 23.8 Å². The van der Waals surface area contributed by atoms with Crippen LogP contribution in [0.1, 0.15) is 43.5 Å². The minimum absolute atomic E-state index is 0.0141. The third-order valence-corrected chi connectivity index (χ3v) is 3.47. The molecule has 0 bridgehead atoms. The maximum absolute atomic E-state index is 11.7. The van der Waals surface area contributed by atoms with Gasteiger partial charge in [0.05, 0.1) is 0 Å². The summed E-state index contributed by atoms with van der Waals surface area (Å²) in [5.74, 6) is -0.159. The summed E-state index contributed by atoms with van der Waals surface area (Å²) in [5, 5.41) is 2.90. The average Bonchev–Trinajstić information content (AvgIpc) is 3.23. The second kappa shape index (κ2) is 6.52. The van der Waals surface area contributed by atoms with Gasteiger partial charge in [-0.2, -0.15) is 0 Å². The van der Waals surface area contributed by atoms with Crippen LogP contribution in [0.2, 0.25) is 0 Å². The molecule has 0 aromatic heterocycles. The van der Waals surface area contributed by atoms with Gasteiger partial charge in [0, 0.05) is 37.2 Å². The molecule has 0 heterocycles. The highest BCUT2D eigenvalue weighted by Crippen LogP contribution is 2.19. The summed E-state index contributed by atoms with van der Waals surface area (Å²) in [4.78, 5) is 36.2. The lowest BCUT2D eigenvalue weighted by molar-refractivity contribution is -0.121. The van der Waals surface area contributed by atoms with E-state index in [1.165, 1.54) is 13.8 Å². The number of ketones is 1. The highest BCUT2D eigenvalue weighted by molar-refractivity contribution is 5.96. The van der Waals surface area contributed by atoms with Gasteiger partial charge >= 0.3 is 0 Å². The molecular weight excluding hydrogens is 268 g/mol. The molecule has 1 saturated carbocycles. The van der Waals surface area contributed by atoms with Crippen molar-refractivity contribution in [2.75, 3.05) is 11.4 Å². The van der Waals surface area contributed by atoms with E-state index in [1.54, 1.807) is 29.2 Å². The maximum atomic E-state index is 11.7. The Kier molecular flexibility index (Phi) is 4.73. The van der Waals surface area contributed by atoms with Gasteiger partial charge in [-0.3, -0.25) is 14.4 Å². The Balaban J connectivity index is 1.98. The van der Waals surface area contributed by atoms with Crippen molar-refractivity contribution in [1.29, 1.82) is 0 Å². The Labute approximate surface area is 124 Å². The van der Waals surface area contributed by atoms with Crippen molar-refractivity contribution in [3.63, 3.8) is 0 Å². The first-order valence-electron chi connectivity index (χ1n) is 7.16. The van der Waals surface area contributed by atoms with Gasteiger partial charge in [0.1, 0.15) is 0 Å². The highest BCUT2D eigenvalue weighted by Gasteiger charge is 2.23. The zero-order valence-electron chi connectivity index (χ0n) is 12.4. The molecule has 1 aromatic carbocycles. The van der Waals surface area contributed by atoms with Gasteiger partial charge in [-0.15, -0.1) is 0 Å². The van der Waals surface area contributed by atoms with Gasteiger partial charge in [0.2, 0.25) is 11.8 Å². The smallest absolute Gasteiger partial charge is 0.223 e. The van der Waals surface area contributed by atoms with Gasteiger partial charge in [-0.1, -0.05) is 0 Å². The van der Waals surface area contributed by atoms with Crippen LogP contribution in [0.5, 0.6) is 0 Å². The summed E-state index contributed by atoms with van der Waals surface area (Å²) in [6, 6.07) is 7.18. The number of nitrogens with one attached hydrogen (secondary N) is 1. The van der Waals surface area contributed by atoms with Crippen LogP contribution in [-0.2, 0) is 9.59 Å². The standard InChI is InChI=1S/C16H20N2O3/c1-11(19)13-3-7-15(8-4-13)18(12(2)20)10-9-16(21)17-14-5-6-14/h3-4,7-8,14H,5-6,9-10H2,1-2H3,(H,17,21). The first-order valence-corrected chi connectivity index (χ1v) is 7.16. The largest absolute Gasteiger partial charge is 0.353 e. The molecule has 1 aliphatic rings. The number of benzene rings is 1. The molecular formula is C16H20N2O3. The van der Waals surface area contributed by atoms with Crippen LogP contribution in [0.25, 0.3) is 0 Å². The molecule has 0 aliphatic heterocycles. The van der Waals surface area contributed by atoms with Gasteiger partial charge in [0.15, 0.2) is 5.78 Å². The van der Waals surface area contributed by atoms with E-state index in [2.05, 4.69) is 5.32 Å². The molecule has 0 radical (unpaired) electrons. The van der Waals surface area contributed by atoms with Crippen LogP contribution < -0.4 is 10.2 Å². The summed E-state index contributed by atoms with van der Waals surface area (Å²) in [6.45, 7) is 3.31. The zero-order chi connectivity index (χ0) is 15.4. The molecule has 0 saturated heterocycles. The van der Waals surface area contributed by atoms with Crippen molar-refractivity contribution < 1.29 is 14.4 Å². The number of Topliss-reactive ketones (excluding diaryl/α,β-unsaturated/α-hetero) is 1. The molecule has 5 heteroatoms. The lowest BCUT2D eigenvalue weighted by atomic mass is 10.1. The van der Waals surface area contributed by atoms with Crippen molar-refractivity contribution in [3.05, 3.63) is 29.8 Å². The number of nitrogens with zero attached hydrogens (tertiary/aromatic N) is 1. The van der Waals surface area contributed by atoms with Gasteiger partial charge in [0.25, 0.3) is 0 Å². The predicted molar refractivity (Wildman–Crippen MR) is 80.3 cm³/mol. The average molecular weight is 288 g/mol. The summed E-state index contributed by atoms with van der Waals surface area (Å²) < 4.78 is 0. The second-order valence-electron chi connectivity index (χ2n) is 5.37. The van der Waals surface area contributed by atoms with E-state index in [0.717, 1.165) is 12.8 Å². The maximum Gasteiger partial charge on any atom is 0.223 e. The lowest BCUT2D eigenvalue weighted by Crippen LogP contribution is -2.34. The molecule has 5 nitrogen and oxygen atoms in total. The molecule has 0 atom stereocenters. The van der Waals surface area contributed by atoms with Crippen molar-refractivity contribution >= 4 is 23.3 Å². The number of hydrogen-bond acceptors (Lipinski definition) is 3. The molecule has 0 unspecified atom stereocenters. The Morgan fingerprint density at radius 3 is 2.24 bits per heavy atom. The monoisotopic (exact) mass is 288 g/mol. The first-order chi connectivity index (χ1) is 9.97. The molecule has 2 rings (SSSR count). The van der Waals surface area contributed by atoms with E-state index in [-0.39, 0.29) is 24.0 Å². The summed E-state index contributed by atoms with van der Waals surface area (Å²) >= 11 is 0. The Bertz CT molecular complexity index is 547. The molecule has 1 N–H and O–H groups in total. The van der Waals surface area contributed by atoms with Crippen LogP contribution in [0, 0.1) is 0 Å². The number of hydrogen-bond donors (Lipinski definition) is 1. The minimum atomic E-state index is -0.121. The van der Waals surface area contributed by atoms with E-state index in [9.17, 15) is 14.4 Å². The van der Waals surface area contributed by atoms with Crippen molar-refractivity contribution in [2.45, 2.75) is 39.2 Å². The normalized spacial score (nSPS) is 13.6. The zero-order valence-corrected chi connectivity index (χ0v) is 12.4. The molecule has 1 aliphatic carbocycles. The molecule has 0 spiro atoms. The fraction of sp³-hybridized carbons (Fsp3) is 0.438. The fourth-order valence-corrected chi connectivity index (χ4v) is 2.09. The van der Waals surface area contributed by atoms with Crippen LogP contribution in [-0.4, -0.2) is 30.2 Å². The summed E-state index contributed by atoms with van der Waals surface area (Å²) in [5.41, 5.74) is 1.31. The topological polar surface area (TPSA) is 66.5 Å². The number of carbonyl (C=O) groups excluding carboxylic acids is 3. The third-order valence-electron chi connectivity index (χ3n) is 3.47. The van der Waals surface area contributed by atoms with Crippen LogP contribution in [0.15, 0.2) is 24.3 Å². The quantitative estimate of drug-likeness (QED) is 0.813. The van der Waals surface area contributed by atoms with Crippen LogP contribution >= 0.6 is 0 Å². The SMILES string of the molecule is CC(=O)c1ccc(N(CCC(=O)NC2CC2)C(C)=O)cc1. The fourth-order valence-electron chi connectivity index (χ4n) is 2.09. The lowest BCUT2D eigenvalue weighted by Gasteiger charge is -2.21. The van der Waals surface area contributed by atoms with Crippen molar-refractivity contribution in [1.82, 2.24) is 5.32 Å². The minimum Gasteiger partial charge on any atom is -0.353 e. The Morgan fingerprint density at radius 1 is 1.14 bits per heavy atom. The molecule has 1 aromatic rings. The molecule has 112 valence electrons. The summed E-state index contributed by atoms with van der Waals surface area (Å²) in [7, 11) is 0. The van der Waals surface area contributed by atoms with E-state index < -0.39 is 0 Å². The van der Waals surface area contributed by atoms with Crippen molar-refractivity contribution in [3.8, 4) is 0 Å². The van der Waals surface area contributed by atoms with Gasteiger partial charge < -0.3 is 10.2 Å². The van der Waals surface area contributed by atoms with E-state index in [4.69, 9.17) is 0 Å². The van der Waals surface area contributed by atoms with Gasteiger partial charge in [-0.25, -0.2) is 0 Å². The first kappa shape index (κ1) is 15.2.